The van der Waals surface area contributed by atoms with Gasteiger partial charge in [-0.2, -0.15) is 0 Å². The summed E-state index contributed by atoms with van der Waals surface area (Å²) in [5.41, 5.74) is 0. The molecule has 2 aliphatic rings. The summed E-state index contributed by atoms with van der Waals surface area (Å²) < 4.78 is 22.8. The molecule has 0 bridgehead atoms. The van der Waals surface area contributed by atoms with Crippen molar-refractivity contribution in [1.29, 1.82) is 0 Å². The average molecular weight is 968 g/mol. The fourth-order valence-electron chi connectivity index (χ4n) is 8.70. The molecule has 0 spiro atoms. The first-order chi connectivity index (χ1) is 33.1. The molecule has 12 unspecified atom stereocenters. The van der Waals surface area contributed by atoms with E-state index in [0.717, 1.165) is 77.0 Å². The van der Waals surface area contributed by atoms with Crippen LogP contribution < -0.4 is 5.32 Å². The Morgan fingerprint density at radius 1 is 0.544 bits per heavy atom. The summed E-state index contributed by atoms with van der Waals surface area (Å²) >= 11 is 0. The van der Waals surface area contributed by atoms with E-state index in [4.69, 9.17) is 18.9 Å². The van der Waals surface area contributed by atoms with Crippen LogP contribution in [-0.4, -0.2) is 140 Å². The molecular formula is C54H97NO13. The van der Waals surface area contributed by atoms with Crippen LogP contribution in [0, 0.1) is 0 Å². The highest BCUT2D eigenvalue weighted by Gasteiger charge is 2.51. The van der Waals surface area contributed by atoms with Gasteiger partial charge >= 0.3 is 0 Å². The number of amides is 1. The van der Waals surface area contributed by atoms with Crippen LogP contribution in [0.5, 0.6) is 0 Å². The number of hydrogen-bond acceptors (Lipinski definition) is 13. The highest BCUT2D eigenvalue weighted by Crippen LogP contribution is 2.30. The number of nitrogens with one attached hydrogen (secondary N) is 1. The molecule has 0 aromatic heterocycles. The van der Waals surface area contributed by atoms with Crippen LogP contribution in [0.2, 0.25) is 0 Å². The van der Waals surface area contributed by atoms with Crippen molar-refractivity contribution in [1.82, 2.24) is 5.32 Å². The predicted molar refractivity (Wildman–Crippen MR) is 267 cm³/mol. The second kappa shape index (κ2) is 40.5. The molecule has 0 aromatic rings. The van der Waals surface area contributed by atoms with Crippen molar-refractivity contribution in [2.45, 2.75) is 267 Å². The van der Waals surface area contributed by atoms with Crippen molar-refractivity contribution < 1.29 is 64.6 Å². The molecule has 0 radical (unpaired) electrons. The lowest BCUT2D eigenvalue weighted by Crippen LogP contribution is -2.65. The van der Waals surface area contributed by atoms with E-state index in [1.165, 1.54) is 83.5 Å². The number of aliphatic hydroxyl groups is 8. The zero-order valence-corrected chi connectivity index (χ0v) is 42.1. The Bertz CT molecular complexity index is 1330. The van der Waals surface area contributed by atoms with Crippen LogP contribution in [0.25, 0.3) is 0 Å². The lowest BCUT2D eigenvalue weighted by atomic mass is 9.97. The van der Waals surface area contributed by atoms with Gasteiger partial charge in [0.15, 0.2) is 12.6 Å². The predicted octanol–water partition coefficient (Wildman–Crippen LogP) is 7.66. The highest BCUT2D eigenvalue weighted by molar-refractivity contribution is 5.76. The first kappa shape index (κ1) is 62.1. The van der Waals surface area contributed by atoms with Crippen LogP contribution >= 0.6 is 0 Å². The van der Waals surface area contributed by atoms with Gasteiger partial charge < -0.3 is 65.1 Å². The van der Waals surface area contributed by atoms with Gasteiger partial charge in [-0.1, -0.05) is 184 Å². The fraction of sp³-hybridized carbons (Fsp3) is 0.833. The Morgan fingerprint density at radius 3 is 1.56 bits per heavy atom. The Hall–Kier alpha value is -2.05. The molecule has 0 aliphatic carbocycles. The maximum absolute atomic E-state index is 13.2. The third kappa shape index (κ3) is 27.0. The van der Waals surface area contributed by atoms with E-state index in [-0.39, 0.29) is 18.9 Å². The molecule has 2 heterocycles. The summed E-state index contributed by atoms with van der Waals surface area (Å²) in [5, 5.41) is 87.0. The zero-order chi connectivity index (χ0) is 49.6. The van der Waals surface area contributed by atoms with Gasteiger partial charge in [0, 0.05) is 6.42 Å². The minimum absolute atomic E-state index is 0.231. The van der Waals surface area contributed by atoms with E-state index >= 15 is 0 Å². The summed E-state index contributed by atoms with van der Waals surface area (Å²) in [6, 6.07) is -0.842. The van der Waals surface area contributed by atoms with E-state index in [0.29, 0.717) is 12.8 Å². The Morgan fingerprint density at radius 2 is 1.01 bits per heavy atom. The van der Waals surface area contributed by atoms with Crippen LogP contribution in [0.1, 0.15) is 194 Å². The number of unbranched alkanes of at least 4 members (excludes halogenated alkanes) is 20. The Balaban J connectivity index is 1.82. The molecular weight excluding hydrogens is 871 g/mol. The molecule has 2 saturated heterocycles. The summed E-state index contributed by atoms with van der Waals surface area (Å²) in [6.45, 7) is 2.72. The van der Waals surface area contributed by atoms with Crippen LogP contribution in [0.15, 0.2) is 48.6 Å². The molecule has 12 atom stereocenters. The molecule has 2 rings (SSSR count). The van der Waals surface area contributed by atoms with E-state index in [1.807, 2.05) is 0 Å². The number of carbonyl (C=O) groups is 1. The molecule has 2 fully saturated rings. The monoisotopic (exact) mass is 968 g/mol. The third-order valence-electron chi connectivity index (χ3n) is 13.1. The minimum Gasteiger partial charge on any atom is -0.394 e. The zero-order valence-electron chi connectivity index (χ0n) is 42.1. The molecule has 68 heavy (non-hydrogen) atoms. The summed E-state index contributed by atoms with van der Waals surface area (Å²) in [4.78, 5) is 13.2. The van der Waals surface area contributed by atoms with Crippen LogP contribution in [0.4, 0.5) is 0 Å². The molecule has 1 amide bonds. The van der Waals surface area contributed by atoms with Gasteiger partial charge in [0.25, 0.3) is 0 Å². The number of carbonyl (C=O) groups excluding carboxylic acids is 1. The maximum atomic E-state index is 13.2. The van der Waals surface area contributed by atoms with Crippen LogP contribution in [0.3, 0.4) is 0 Å². The second-order valence-electron chi connectivity index (χ2n) is 19.0. The van der Waals surface area contributed by atoms with Crippen molar-refractivity contribution >= 4 is 5.91 Å². The minimum atomic E-state index is -1.79. The largest absolute Gasteiger partial charge is 0.394 e. The van der Waals surface area contributed by atoms with Gasteiger partial charge in [0.1, 0.15) is 48.8 Å². The number of hydrogen-bond donors (Lipinski definition) is 9. The maximum Gasteiger partial charge on any atom is 0.220 e. The highest BCUT2D eigenvalue weighted by atomic mass is 16.7. The summed E-state index contributed by atoms with van der Waals surface area (Å²) in [7, 11) is 0. The van der Waals surface area contributed by atoms with Gasteiger partial charge in [-0.3, -0.25) is 4.79 Å². The van der Waals surface area contributed by atoms with Crippen molar-refractivity contribution in [3.63, 3.8) is 0 Å². The standard InChI is InChI=1S/C54H97NO13/c1-3-5-7-9-11-13-15-17-19-21-23-25-27-29-31-33-35-37-43(58)42(55-46(59)38-36-34-32-30-28-26-24-22-20-18-16-14-12-10-8-6-4-2)41-65-53-51(64)49(62)52(45(40-57)67-53)68-54-50(63)48(61)47(60)44(39-56)66-54/h6,8,12,14,18,20,24,26,42-45,47-54,56-58,60-64H,3-5,7,9-11,13,15-17,19,21-23,25,27-41H2,1-2H3,(H,55,59)/b8-6-,14-12-,20-18-,26-24-. The lowest BCUT2D eigenvalue weighted by Gasteiger charge is -2.46. The third-order valence-corrected chi connectivity index (χ3v) is 13.1. The van der Waals surface area contributed by atoms with Crippen molar-refractivity contribution in [3.8, 4) is 0 Å². The molecule has 0 saturated carbocycles. The van der Waals surface area contributed by atoms with E-state index in [2.05, 4.69) is 67.8 Å². The number of rotatable bonds is 41. The quantitative estimate of drug-likeness (QED) is 0.0212. The molecule has 396 valence electrons. The molecule has 9 N–H and O–H groups in total. The topological polar surface area (TPSA) is 228 Å². The van der Waals surface area contributed by atoms with Gasteiger partial charge in [-0.15, -0.1) is 0 Å². The van der Waals surface area contributed by atoms with Gasteiger partial charge in [-0.05, 0) is 51.4 Å². The van der Waals surface area contributed by atoms with E-state index in [1.54, 1.807) is 0 Å². The summed E-state index contributed by atoms with van der Waals surface area (Å²) in [6.07, 6.45) is 31.0. The van der Waals surface area contributed by atoms with E-state index < -0.39 is 86.8 Å². The molecule has 0 aromatic carbocycles. The number of allylic oxidation sites excluding steroid dienone is 8. The van der Waals surface area contributed by atoms with Gasteiger partial charge in [0.05, 0.1) is 32.0 Å². The second-order valence-corrected chi connectivity index (χ2v) is 19.0. The van der Waals surface area contributed by atoms with Crippen molar-refractivity contribution in [3.05, 3.63) is 48.6 Å². The van der Waals surface area contributed by atoms with Gasteiger partial charge in [-0.25, -0.2) is 0 Å². The van der Waals surface area contributed by atoms with E-state index in [9.17, 15) is 45.6 Å². The van der Waals surface area contributed by atoms with Crippen molar-refractivity contribution in [2.75, 3.05) is 19.8 Å². The first-order valence-electron chi connectivity index (χ1n) is 26.9. The lowest BCUT2D eigenvalue weighted by molar-refractivity contribution is -0.359. The number of ether oxygens (including phenoxy) is 4. The SMILES string of the molecule is CC/C=C\C/C=C\C/C=C\C/C=C\CCCCCCC(=O)NC(COC1OC(CO)C(OC2OC(CO)C(O)C(O)C2O)C(O)C1O)C(O)CCCCCCCCCCCCCCCCCCC. The molecule has 14 heteroatoms. The molecule has 14 nitrogen and oxygen atoms in total. The first-order valence-corrected chi connectivity index (χ1v) is 26.9. The average Bonchev–Trinajstić information content (AvgIpc) is 3.34. The fourth-order valence-corrected chi connectivity index (χ4v) is 8.70. The van der Waals surface area contributed by atoms with Gasteiger partial charge in [0.2, 0.25) is 5.91 Å². The van der Waals surface area contributed by atoms with Crippen LogP contribution in [-0.2, 0) is 23.7 Å². The summed E-state index contributed by atoms with van der Waals surface area (Å²) in [5.74, 6) is -0.231. The molecule has 2 aliphatic heterocycles. The Labute approximate surface area is 410 Å². The normalized spacial score (nSPS) is 26.7. The smallest absolute Gasteiger partial charge is 0.220 e. The Kier molecular flexibility index (Phi) is 37.0. The van der Waals surface area contributed by atoms with Crippen molar-refractivity contribution in [2.24, 2.45) is 0 Å². The number of aliphatic hydroxyl groups excluding tert-OH is 8.